The maximum absolute atomic E-state index is 10.6. The Labute approximate surface area is 69.1 Å². The van der Waals surface area contributed by atoms with Crippen molar-refractivity contribution in [3.05, 3.63) is 0 Å². The van der Waals surface area contributed by atoms with Gasteiger partial charge >= 0.3 is 0 Å². The number of Topliss-reactive ketones (excluding diaryl/α,β-unsaturated/α-hetero) is 1. The van der Waals surface area contributed by atoms with Crippen LogP contribution in [0.1, 0.15) is 33.6 Å². The third-order valence-electron chi connectivity index (χ3n) is 1.49. The van der Waals surface area contributed by atoms with Crippen LogP contribution in [0.5, 0.6) is 0 Å². The summed E-state index contributed by atoms with van der Waals surface area (Å²) in [5, 5.41) is 0. The average Bonchev–Trinajstić information content (AvgIpc) is 1.88. The molecular weight excluding hydrogens is 140 g/mol. The van der Waals surface area contributed by atoms with E-state index in [1.54, 1.807) is 0 Å². The van der Waals surface area contributed by atoms with Gasteiger partial charge < -0.3 is 11.5 Å². The normalized spacial score (nSPS) is 11.9. The molecule has 0 amide bonds. The van der Waals surface area contributed by atoms with Gasteiger partial charge in [0.15, 0.2) is 0 Å². The third kappa shape index (κ3) is 7.49. The quantitative estimate of drug-likeness (QED) is 0.581. The average molecular weight is 160 g/mol. The van der Waals surface area contributed by atoms with Crippen LogP contribution in [0, 0.1) is 0 Å². The number of unbranched alkanes of at least 4 members (excludes halogenated alkanes) is 1. The molecule has 11 heavy (non-hydrogen) atoms. The Balaban J connectivity index is 0. The van der Waals surface area contributed by atoms with Crippen LogP contribution in [0.15, 0.2) is 0 Å². The maximum atomic E-state index is 10.6. The highest BCUT2D eigenvalue weighted by Crippen LogP contribution is 1.97. The number of hydrogen-bond donors (Lipinski definition) is 2. The summed E-state index contributed by atoms with van der Waals surface area (Å²) in [5.41, 5.74) is 10.7. The summed E-state index contributed by atoms with van der Waals surface area (Å²) in [6, 6.07) is -0.272. The number of carbonyl (C=O) groups excluding carboxylic acids is 1. The van der Waals surface area contributed by atoms with Crippen LogP contribution < -0.4 is 11.5 Å². The lowest BCUT2D eigenvalue weighted by molar-refractivity contribution is -0.118. The summed E-state index contributed by atoms with van der Waals surface area (Å²) >= 11 is 0. The lowest BCUT2D eigenvalue weighted by Gasteiger charge is -2.05. The van der Waals surface area contributed by atoms with Gasteiger partial charge in [-0.05, 0) is 26.3 Å². The van der Waals surface area contributed by atoms with Crippen LogP contribution in [0.3, 0.4) is 0 Å². The Bertz CT molecular complexity index is 104. The van der Waals surface area contributed by atoms with Crippen molar-refractivity contribution in [2.45, 2.75) is 39.7 Å². The van der Waals surface area contributed by atoms with Crippen molar-refractivity contribution in [1.82, 2.24) is 0 Å². The molecule has 0 aromatic rings. The van der Waals surface area contributed by atoms with Gasteiger partial charge in [-0.3, -0.25) is 4.79 Å². The number of hydrogen-bond acceptors (Lipinski definition) is 3. The van der Waals surface area contributed by atoms with E-state index in [2.05, 4.69) is 0 Å². The van der Waals surface area contributed by atoms with E-state index in [4.69, 9.17) is 11.5 Å². The van der Waals surface area contributed by atoms with E-state index in [0.29, 0.717) is 6.54 Å². The Morgan fingerprint density at radius 3 is 2.36 bits per heavy atom. The summed E-state index contributed by atoms with van der Waals surface area (Å²) in [6.45, 7) is 2.21. The second kappa shape index (κ2) is 7.69. The molecule has 0 unspecified atom stereocenters. The molecular formula is C8H20N2O. The molecule has 0 spiro atoms. The molecule has 0 heterocycles. The van der Waals surface area contributed by atoms with Crippen LogP contribution in [-0.2, 0) is 4.79 Å². The van der Waals surface area contributed by atoms with E-state index in [0.717, 1.165) is 19.3 Å². The fourth-order valence-electron chi connectivity index (χ4n) is 0.712. The molecule has 0 aromatic carbocycles. The van der Waals surface area contributed by atoms with Gasteiger partial charge in [0.1, 0.15) is 5.78 Å². The summed E-state index contributed by atoms with van der Waals surface area (Å²) in [7, 11) is 0. The second-order valence-corrected chi connectivity index (χ2v) is 2.50. The van der Waals surface area contributed by atoms with Crippen molar-refractivity contribution in [2.75, 3.05) is 6.54 Å². The first-order chi connectivity index (χ1) is 4.68. The highest BCUT2D eigenvalue weighted by Gasteiger charge is 2.05. The predicted molar refractivity (Wildman–Crippen MR) is 48.3 cm³/mol. The second-order valence-electron chi connectivity index (χ2n) is 2.50. The molecule has 0 saturated carbocycles. The van der Waals surface area contributed by atoms with Crippen molar-refractivity contribution in [3.8, 4) is 0 Å². The van der Waals surface area contributed by atoms with Crippen molar-refractivity contribution in [3.63, 3.8) is 0 Å². The number of carbonyl (C=O) groups is 1. The first-order valence-electron chi connectivity index (χ1n) is 3.64. The van der Waals surface area contributed by atoms with E-state index in [1.165, 1.54) is 6.92 Å². The van der Waals surface area contributed by atoms with Gasteiger partial charge in [0.25, 0.3) is 0 Å². The number of nitrogens with two attached hydrogens (primary N) is 2. The predicted octanol–water partition coefficient (Wildman–Crippen LogP) is 0.668. The molecule has 3 nitrogen and oxygen atoms in total. The fraction of sp³-hybridized carbons (Fsp3) is 0.875. The van der Waals surface area contributed by atoms with Gasteiger partial charge in [0.05, 0.1) is 6.04 Å². The van der Waals surface area contributed by atoms with E-state index in [-0.39, 0.29) is 19.3 Å². The fourth-order valence-corrected chi connectivity index (χ4v) is 0.712. The van der Waals surface area contributed by atoms with Crippen LogP contribution in [-0.4, -0.2) is 18.4 Å². The van der Waals surface area contributed by atoms with Crippen LogP contribution in [0.2, 0.25) is 0 Å². The lowest BCUT2D eigenvalue weighted by atomic mass is 10.1. The molecule has 0 fully saturated rings. The topological polar surface area (TPSA) is 69.1 Å². The Morgan fingerprint density at radius 2 is 2.00 bits per heavy atom. The molecule has 68 valence electrons. The number of ketones is 1. The molecule has 4 N–H and O–H groups in total. The van der Waals surface area contributed by atoms with Gasteiger partial charge in [0.2, 0.25) is 0 Å². The first kappa shape index (κ1) is 13.2. The molecule has 0 radical (unpaired) electrons. The molecule has 1 atom stereocenters. The summed E-state index contributed by atoms with van der Waals surface area (Å²) in [4.78, 5) is 10.6. The van der Waals surface area contributed by atoms with Gasteiger partial charge in [-0.15, -0.1) is 0 Å². The highest BCUT2D eigenvalue weighted by atomic mass is 16.1. The molecule has 0 saturated heterocycles. The zero-order chi connectivity index (χ0) is 7.98. The molecule has 0 rings (SSSR count). The van der Waals surface area contributed by atoms with Crippen molar-refractivity contribution < 1.29 is 4.79 Å². The Morgan fingerprint density at radius 1 is 1.45 bits per heavy atom. The Kier molecular flexibility index (Phi) is 9.23. The molecule has 0 aliphatic carbocycles. The van der Waals surface area contributed by atoms with Gasteiger partial charge in [-0.25, -0.2) is 0 Å². The molecule has 3 heteroatoms. The zero-order valence-corrected chi connectivity index (χ0v) is 6.47. The smallest absolute Gasteiger partial charge is 0.146 e. The zero-order valence-electron chi connectivity index (χ0n) is 6.47. The Hall–Kier alpha value is -0.410. The summed E-state index contributed by atoms with van der Waals surface area (Å²) in [5.74, 6) is 0.0667. The van der Waals surface area contributed by atoms with Gasteiger partial charge in [-0.2, -0.15) is 0 Å². The minimum absolute atomic E-state index is 0. The maximum Gasteiger partial charge on any atom is 0.146 e. The van der Waals surface area contributed by atoms with Crippen LogP contribution in [0.4, 0.5) is 0 Å². The monoisotopic (exact) mass is 160 g/mol. The van der Waals surface area contributed by atoms with E-state index in [1.807, 2.05) is 0 Å². The largest absolute Gasteiger partial charge is 0.330 e. The van der Waals surface area contributed by atoms with Crippen molar-refractivity contribution in [1.29, 1.82) is 0 Å². The van der Waals surface area contributed by atoms with E-state index >= 15 is 0 Å². The van der Waals surface area contributed by atoms with E-state index in [9.17, 15) is 4.79 Å². The SMILES string of the molecule is C.CC(=O)[C@H](N)CCCCN. The molecule has 0 bridgehead atoms. The number of rotatable bonds is 5. The standard InChI is InChI=1S/C7H16N2O.CH4/c1-6(10)7(9)4-2-3-5-8;/h7H,2-5,8-9H2,1H3;1H4/t7-;/m1./s1. The summed E-state index contributed by atoms with van der Waals surface area (Å²) in [6.07, 6.45) is 2.69. The molecule has 0 aromatic heterocycles. The first-order valence-corrected chi connectivity index (χ1v) is 3.64. The minimum atomic E-state index is -0.272. The van der Waals surface area contributed by atoms with Crippen LogP contribution >= 0.6 is 0 Å². The van der Waals surface area contributed by atoms with Crippen LogP contribution in [0.25, 0.3) is 0 Å². The van der Waals surface area contributed by atoms with Crippen molar-refractivity contribution in [2.24, 2.45) is 11.5 Å². The minimum Gasteiger partial charge on any atom is -0.330 e. The van der Waals surface area contributed by atoms with Crippen molar-refractivity contribution >= 4 is 5.78 Å². The molecule has 0 aliphatic rings. The summed E-state index contributed by atoms with van der Waals surface area (Å²) < 4.78 is 0. The van der Waals surface area contributed by atoms with Gasteiger partial charge in [0, 0.05) is 0 Å². The third-order valence-corrected chi connectivity index (χ3v) is 1.49. The lowest BCUT2D eigenvalue weighted by Crippen LogP contribution is -2.28. The highest BCUT2D eigenvalue weighted by molar-refractivity contribution is 5.80. The van der Waals surface area contributed by atoms with E-state index < -0.39 is 0 Å². The molecule has 0 aliphatic heterocycles. The van der Waals surface area contributed by atoms with Gasteiger partial charge in [-0.1, -0.05) is 13.8 Å².